The van der Waals surface area contributed by atoms with Gasteiger partial charge in [0.2, 0.25) is 0 Å². The van der Waals surface area contributed by atoms with Crippen LogP contribution in [0.1, 0.15) is 24.9 Å². The Kier molecular flexibility index (Phi) is 4.76. The fraction of sp³-hybridized carbons (Fsp3) is 0.625. The first-order valence-corrected chi connectivity index (χ1v) is 8.51. The van der Waals surface area contributed by atoms with Crippen LogP contribution in [0.25, 0.3) is 0 Å². The number of benzene rings is 1. The quantitative estimate of drug-likeness (QED) is 0.910. The van der Waals surface area contributed by atoms with Gasteiger partial charge in [-0.05, 0) is 24.1 Å². The Morgan fingerprint density at radius 1 is 1.20 bits per heavy atom. The van der Waals surface area contributed by atoms with Crippen molar-refractivity contribution in [2.45, 2.75) is 25.4 Å². The molecule has 20 heavy (non-hydrogen) atoms. The summed E-state index contributed by atoms with van der Waals surface area (Å²) in [6.07, 6.45) is 1.19. The van der Waals surface area contributed by atoms with E-state index in [0.717, 1.165) is 19.1 Å². The zero-order valence-corrected chi connectivity index (χ0v) is 13.8. The second kappa shape index (κ2) is 6.56. The molecular weight excluding hydrogens is 314 g/mol. The van der Waals surface area contributed by atoms with E-state index in [4.69, 9.17) is 0 Å². The number of piperazine rings is 1. The van der Waals surface area contributed by atoms with E-state index in [9.17, 15) is 0 Å². The van der Waals surface area contributed by atoms with E-state index in [2.05, 4.69) is 62.2 Å². The molecule has 1 unspecified atom stereocenters. The van der Waals surface area contributed by atoms with Crippen LogP contribution in [0.2, 0.25) is 0 Å². The van der Waals surface area contributed by atoms with Gasteiger partial charge in [-0.15, -0.1) is 0 Å². The lowest BCUT2D eigenvalue weighted by Crippen LogP contribution is -2.63. The van der Waals surface area contributed by atoms with E-state index < -0.39 is 0 Å². The van der Waals surface area contributed by atoms with Crippen molar-refractivity contribution in [1.82, 2.24) is 15.1 Å². The second-order valence-electron chi connectivity index (χ2n) is 5.87. The molecule has 0 radical (unpaired) electrons. The van der Waals surface area contributed by atoms with Crippen molar-refractivity contribution < 1.29 is 0 Å². The SMILES string of the molecule is CCC(c1ccc(Br)cc1)N1CC(N2CCNCC2)C1. The Labute approximate surface area is 130 Å². The summed E-state index contributed by atoms with van der Waals surface area (Å²) in [5.74, 6) is 0. The Morgan fingerprint density at radius 3 is 2.45 bits per heavy atom. The summed E-state index contributed by atoms with van der Waals surface area (Å²) in [6, 6.07) is 10.2. The molecule has 0 bridgehead atoms. The summed E-state index contributed by atoms with van der Waals surface area (Å²) in [4.78, 5) is 5.29. The highest BCUT2D eigenvalue weighted by Gasteiger charge is 2.35. The molecule has 4 heteroatoms. The molecule has 0 aromatic heterocycles. The normalized spacial score (nSPS) is 23.5. The third kappa shape index (κ3) is 3.08. The van der Waals surface area contributed by atoms with Crippen molar-refractivity contribution in [2.75, 3.05) is 39.3 Å². The molecule has 3 nitrogen and oxygen atoms in total. The van der Waals surface area contributed by atoms with Gasteiger partial charge in [0.05, 0.1) is 0 Å². The van der Waals surface area contributed by atoms with Crippen molar-refractivity contribution >= 4 is 15.9 Å². The molecule has 0 saturated carbocycles. The van der Waals surface area contributed by atoms with Gasteiger partial charge in [-0.1, -0.05) is 35.0 Å². The maximum Gasteiger partial charge on any atom is 0.0351 e. The number of likely N-dealkylation sites (tertiary alicyclic amines) is 1. The predicted octanol–water partition coefficient (Wildman–Crippen LogP) is 2.49. The maximum atomic E-state index is 3.52. The first-order valence-electron chi connectivity index (χ1n) is 7.72. The van der Waals surface area contributed by atoms with Crippen molar-refractivity contribution in [3.05, 3.63) is 34.3 Å². The lowest BCUT2D eigenvalue weighted by molar-refractivity contribution is -0.00233. The topological polar surface area (TPSA) is 18.5 Å². The largest absolute Gasteiger partial charge is 0.314 e. The van der Waals surface area contributed by atoms with Crippen molar-refractivity contribution in [1.29, 1.82) is 0 Å². The van der Waals surface area contributed by atoms with Gasteiger partial charge in [0.25, 0.3) is 0 Å². The van der Waals surface area contributed by atoms with Gasteiger partial charge in [0.1, 0.15) is 0 Å². The third-order valence-corrected chi connectivity index (χ3v) is 5.17. The molecule has 110 valence electrons. The highest BCUT2D eigenvalue weighted by molar-refractivity contribution is 9.10. The smallest absolute Gasteiger partial charge is 0.0351 e. The standard InChI is InChI=1S/C16H24BrN3/c1-2-16(13-3-5-14(17)6-4-13)20-11-15(12-20)19-9-7-18-8-10-19/h3-6,15-16,18H,2,7-12H2,1H3. The molecule has 3 rings (SSSR count). The number of halogens is 1. The molecule has 2 saturated heterocycles. The fourth-order valence-corrected chi connectivity index (χ4v) is 3.67. The lowest BCUT2D eigenvalue weighted by atomic mass is 9.96. The molecule has 2 aliphatic rings. The number of rotatable bonds is 4. The minimum atomic E-state index is 0.585. The zero-order chi connectivity index (χ0) is 13.9. The monoisotopic (exact) mass is 337 g/mol. The lowest BCUT2D eigenvalue weighted by Gasteiger charge is -2.50. The van der Waals surface area contributed by atoms with Gasteiger partial charge < -0.3 is 5.32 Å². The summed E-state index contributed by atoms with van der Waals surface area (Å²) in [5.41, 5.74) is 1.45. The number of nitrogens with zero attached hydrogens (tertiary/aromatic N) is 2. The molecule has 2 aliphatic heterocycles. The third-order valence-electron chi connectivity index (χ3n) is 4.64. The van der Waals surface area contributed by atoms with E-state index in [-0.39, 0.29) is 0 Å². The molecular formula is C16H24BrN3. The first kappa shape index (κ1) is 14.5. The number of hydrogen-bond acceptors (Lipinski definition) is 3. The highest BCUT2D eigenvalue weighted by Crippen LogP contribution is 2.31. The van der Waals surface area contributed by atoms with E-state index in [1.165, 1.54) is 42.6 Å². The number of hydrogen-bond donors (Lipinski definition) is 1. The van der Waals surface area contributed by atoms with E-state index in [1.54, 1.807) is 0 Å². The van der Waals surface area contributed by atoms with Crippen LogP contribution in [-0.2, 0) is 0 Å². The molecule has 1 atom stereocenters. The Hall–Kier alpha value is -0.420. The molecule has 2 fully saturated rings. The van der Waals surface area contributed by atoms with Crippen LogP contribution in [-0.4, -0.2) is 55.1 Å². The molecule has 0 spiro atoms. The summed E-state index contributed by atoms with van der Waals surface area (Å²) < 4.78 is 1.17. The van der Waals surface area contributed by atoms with E-state index in [0.29, 0.717) is 6.04 Å². The van der Waals surface area contributed by atoms with Crippen LogP contribution >= 0.6 is 15.9 Å². The summed E-state index contributed by atoms with van der Waals surface area (Å²) in [5, 5.41) is 3.43. The van der Waals surface area contributed by atoms with Crippen LogP contribution < -0.4 is 5.32 Å². The van der Waals surface area contributed by atoms with Gasteiger partial charge in [-0.3, -0.25) is 9.80 Å². The van der Waals surface area contributed by atoms with E-state index >= 15 is 0 Å². The van der Waals surface area contributed by atoms with Gasteiger partial charge in [0, 0.05) is 55.8 Å². The van der Waals surface area contributed by atoms with Crippen LogP contribution in [0, 0.1) is 0 Å². The van der Waals surface area contributed by atoms with Crippen molar-refractivity contribution in [3.8, 4) is 0 Å². The molecule has 0 amide bonds. The van der Waals surface area contributed by atoms with Crippen molar-refractivity contribution in [2.24, 2.45) is 0 Å². The van der Waals surface area contributed by atoms with Gasteiger partial charge >= 0.3 is 0 Å². The Bertz CT molecular complexity index is 422. The summed E-state index contributed by atoms with van der Waals surface area (Å²) in [6.45, 7) is 9.50. The van der Waals surface area contributed by atoms with Gasteiger partial charge in [-0.25, -0.2) is 0 Å². The van der Waals surface area contributed by atoms with E-state index in [1.807, 2.05) is 0 Å². The molecule has 0 aliphatic carbocycles. The summed E-state index contributed by atoms with van der Waals surface area (Å²) >= 11 is 3.52. The average Bonchev–Trinajstić information content (AvgIpc) is 2.44. The fourth-order valence-electron chi connectivity index (χ4n) is 3.41. The van der Waals surface area contributed by atoms with Crippen LogP contribution in [0.5, 0.6) is 0 Å². The molecule has 1 N–H and O–H groups in total. The highest BCUT2D eigenvalue weighted by atomic mass is 79.9. The molecule has 2 heterocycles. The van der Waals surface area contributed by atoms with Crippen LogP contribution in [0.4, 0.5) is 0 Å². The van der Waals surface area contributed by atoms with Crippen molar-refractivity contribution in [3.63, 3.8) is 0 Å². The minimum absolute atomic E-state index is 0.585. The average molecular weight is 338 g/mol. The van der Waals surface area contributed by atoms with Gasteiger partial charge in [0.15, 0.2) is 0 Å². The van der Waals surface area contributed by atoms with Crippen LogP contribution in [0.15, 0.2) is 28.7 Å². The summed E-state index contributed by atoms with van der Waals surface area (Å²) in [7, 11) is 0. The maximum absolute atomic E-state index is 3.52. The molecule has 1 aromatic carbocycles. The first-order chi connectivity index (χ1) is 9.78. The Morgan fingerprint density at radius 2 is 1.85 bits per heavy atom. The predicted molar refractivity (Wildman–Crippen MR) is 87.0 cm³/mol. The minimum Gasteiger partial charge on any atom is -0.314 e. The number of nitrogens with one attached hydrogen (secondary N) is 1. The second-order valence-corrected chi connectivity index (χ2v) is 6.78. The van der Waals surface area contributed by atoms with Gasteiger partial charge in [-0.2, -0.15) is 0 Å². The van der Waals surface area contributed by atoms with Crippen LogP contribution in [0.3, 0.4) is 0 Å². The molecule has 1 aromatic rings. The Balaban J connectivity index is 1.57. The zero-order valence-electron chi connectivity index (χ0n) is 12.2.